The molecule has 0 radical (unpaired) electrons. The molecule has 1 atom stereocenters. The molecule has 0 aliphatic carbocycles. The predicted molar refractivity (Wildman–Crippen MR) is 79.4 cm³/mol. The lowest BCUT2D eigenvalue weighted by atomic mass is 10.1. The number of likely N-dealkylation sites (tertiary alicyclic amines) is 1. The number of rotatable bonds is 7. The fraction of sp³-hybridized carbons (Fsp3) is 0.625. The van der Waals surface area contributed by atoms with Crippen LogP contribution in [-0.4, -0.2) is 44.3 Å². The second kappa shape index (κ2) is 7.63. The molecule has 0 aromatic heterocycles. The first kappa shape index (κ1) is 14.5. The number of likely N-dealkylation sites (N-methyl/N-ethyl adjacent to an activating group) is 1. The highest BCUT2D eigenvalue weighted by Crippen LogP contribution is 2.15. The summed E-state index contributed by atoms with van der Waals surface area (Å²) < 4.78 is 5.40. The average molecular weight is 262 g/mol. The van der Waals surface area contributed by atoms with E-state index in [4.69, 9.17) is 4.74 Å². The maximum atomic E-state index is 5.40. The summed E-state index contributed by atoms with van der Waals surface area (Å²) in [5.74, 6) is 0. The first-order valence-electron chi connectivity index (χ1n) is 7.35. The zero-order valence-corrected chi connectivity index (χ0v) is 12.2. The molecule has 1 aromatic carbocycles. The van der Waals surface area contributed by atoms with E-state index < -0.39 is 0 Å². The highest BCUT2D eigenvalue weighted by molar-refractivity contribution is 5.22. The normalized spacial score (nSPS) is 20.0. The van der Waals surface area contributed by atoms with E-state index in [2.05, 4.69) is 41.4 Å². The minimum absolute atomic E-state index is 0.430. The van der Waals surface area contributed by atoms with Gasteiger partial charge in [0.25, 0.3) is 0 Å². The van der Waals surface area contributed by atoms with Gasteiger partial charge < -0.3 is 10.1 Å². The van der Waals surface area contributed by atoms with E-state index in [1.54, 1.807) is 0 Å². The van der Waals surface area contributed by atoms with Crippen LogP contribution < -0.4 is 5.32 Å². The number of nitrogens with zero attached hydrogens (tertiary/aromatic N) is 1. The second-order valence-electron chi connectivity index (χ2n) is 5.30. The molecule has 1 aliphatic heterocycles. The summed E-state index contributed by atoms with van der Waals surface area (Å²) in [6.45, 7) is 7.53. The Morgan fingerprint density at radius 2 is 2.00 bits per heavy atom. The van der Waals surface area contributed by atoms with Gasteiger partial charge in [-0.25, -0.2) is 0 Å². The van der Waals surface area contributed by atoms with Gasteiger partial charge in [-0.2, -0.15) is 0 Å². The molecule has 0 spiro atoms. The lowest BCUT2D eigenvalue weighted by Gasteiger charge is -2.15. The third-order valence-electron chi connectivity index (χ3n) is 3.83. The summed E-state index contributed by atoms with van der Waals surface area (Å²) in [6.07, 6.45) is 2.71. The van der Waals surface area contributed by atoms with Crippen molar-refractivity contribution in [2.45, 2.75) is 32.4 Å². The molecule has 2 rings (SSSR count). The molecule has 0 amide bonds. The van der Waals surface area contributed by atoms with Crippen LogP contribution in [0.2, 0.25) is 0 Å². The molecular weight excluding hydrogens is 236 g/mol. The van der Waals surface area contributed by atoms with Crippen LogP contribution in [0.25, 0.3) is 0 Å². The average Bonchev–Trinajstić information content (AvgIpc) is 2.89. The van der Waals surface area contributed by atoms with Crippen molar-refractivity contribution in [3.05, 3.63) is 35.4 Å². The van der Waals surface area contributed by atoms with Crippen molar-refractivity contribution in [2.75, 3.05) is 33.3 Å². The maximum absolute atomic E-state index is 5.40. The van der Waals surface area contributed by atoms with Crippen molar-refractivity contribution in [3.8, 4) is 0 Å². The van der Waals surface area contributed by atoms with Crippen LogP contribution in [0, 0.1) is 0 Å². The minimum atomic E-state index is 0.430. The molecule has 19 heavy (non-hydrogen) atoms. The largest absolute Gasteiger partial charge is 0.380 e. The molecule has 1 unspecified atom stereocenters. The smallest absolute Gasteiger partial charge is 0.0710 e. The van der Waals surface area contributed by atoms with Crippen molar-refractivity contribution >= 4 is 0 Å². The summed E-state index contributed by atoms with van der Waals surface area (Å²) in [7, 11) is 1.81. The SMILES string of the molecule is CCNCCc1ccc(CN2CCC(OC)C2)cc1. The van der Waals surface area contributed by atoms with Gasteiger partial charge in [-0.3, -0.25) is 4.90 Å². The molecule has 1 aliphatic rings. The van der Waals surface area contributed by atoms with Crippen LogP contribution in [0.1, 0.15) is 24.5 Å². The zero-order valence-electron chi connectivity index (χ0n) is 12.2. The molecule has 0 saturated carbocycles. The van der Waals surface area contributed by atoms with Crippen molar-refractivity contribution < 1.29 is 4.74 Å². The van der Waals surface area contributed by atoms with E-state index in [1.165, 1.54) is 11.1 Å². The lowest BCUT2D eigenvalue weighted by Crippen LogP contribution is -2.22. The molecule has 1 heterocycles. The summed E-state index contributed by atoms with van der Waals surface area (Å²) in [5, 5.41) is 3.36. The minimum Gasteiger partial charge on any atom is -0.380 e. The predicted octanol–water partition coefficient (Wildman–Crippen LogP) is 2.06. The molecule has 3 heteroatoms. The fourth-order valence-corrected chi connectivity index (χ4v) is 2.61. The topological polar surface area (TPSA) is 24.5 Å². The molecule has 106 valence electrons. The summed E-state index contributed by atoms with van der Waals surface area (Å²) >= 11 is 0. The molecule has 1 fully saturated rings. The number of ether oxygens (including phenoxy) is 1. The lowest BCUT2D eigenvalue weighted by molar-refractivity contribution is 0.107. The highest BCUT2D eigenvalue weighted by atomic mass is 16.5. The molecule has 1 N–H and O–H groups in total. The van der Waals surface area contributed by atoms with Gasteiger partial charge >= 0.3 is 0 Å². The van der Waals surface area contributed by atoms with Crippen molar-refractivity contribution in [1.82, 2.24) is 10.2 Å². The monoisotopic (exact) mass is 262 g/mol. The summed E-state index contributed by atoms with van der Waals surface area (Å²) in [6, 6.07) is 9.05. The van der Waals surface area contributed by atoms with E-state index in [0.29, 0.717) is 6.10 Å². The number of methoxy groups -OCH3 is 1. The quantitative estimate of drug-likeness (QED) is 0.761. The standard InChI is InChI=1S/C16H26N2O/c1-3-17-10-8-14-4-6-15(7-5-14)12-18-11-9-16(13-18)19-2/h4-7,16-17H,3,8-13H2,1-2H3. The Labute approximate surface area is 116 Å². The Hall–Kier alpha value is -0.900. The third kappa shape index (κ3) is 4.60. The fourth-order valence-electron chi connectivity index (χ4n) is 2.61. The number of benzene rings is 1. The van der Waals surface area contributed by atoms with Gasteiger partial charge in [-0.05, 0) is 37.1 Å². The van der Waals surface area contributed by atoms with Crippen molar-refractivity contribution in [3.63, 3.8) is 0 Å². The molecule has 1 saturated heterocycles. The van der Waals surface area contributed by atoms with E-state index in [1.807, 2.05) is 7.11 Å². The van der Waals surface area contributed by atoms with Crippen LogP contribution >= 0.6 is 0 Å². The third-order valence-corrected chi connectivity index (χ3v) is 3.83. The second-order valence-corrected chi connectivity index (χ2v) is 5.30. The van der Waals surface area contributed by atoms with Crippen molar-refractivity contribution in [2.24, 2.45) is 0 Å². The first-order valence-corrected chi connectivity index (χ1v) is 7.35. The van der Waals surface area contributed by atoms with Gasteiger partial charge in [0.2, 0.25) is 0 Å². The van der Waals surface area contributed by atoms with Crippen molar-refractivity contribution in [1.29, 1.82) is 0 Å². The number of nitrogens with one attached hydrogen (secondary N) is 1. The first-order chi connectivity index (χ1) is 9.31. The van der Waals surface area contributed by atoms with Crippen LogP contribution in [0.3, 0.4) is 0 Å². The molecule has 0 bridgehead atoms. The maximum Gasteiger partial charge on any atom is 0.0710 e. The van der Waals surface area contributed by atoms with Crippen LogP contribution in [0.15, 0.2) is 24.3 Å². The Morgan fingerprint density at radius 3 is 2.63 bits per heavy atom. The van der Waals surface area contributed by atoms with E-state index in [0.717, 1.165) is 45.6 Å². The van der Waals surface area contributed by atoms with Gasteiger partial charge in [0.05, 0.1) is 6.10 Å². The Balaban J connectivity index is 1.78. The van der Waals surface area contributed by atoms with Crippen LogP contribution in [0.5, 0.6) is 0 Å². The van der Waals surface area contributed by atoms with E-state index in [-0.39, 0.29) is 0 Å². The summed E-state index contributed by atoms with van der Waals surface area (Å²) in [5.41, 5.74) is 2.82. The molecule has 1 aromatic rings. The van der Waals surface area contributed by atoms with Crippen LogP contribution in [0.4, 0.5) is 0 Å². The van der Waals surface area contributed by atoms with Gasteiger partial charge in [-0.1, -0.05) is 31.2 Å². The zero-order chi connectivity index (χ0) is 13.5. The van der Waals surface area contributed by atoms with E-state index in [9.17, 15) is 0 Å². The van der Waals surface area contributed by atoms with Gasteiger partial charge in [-0.15, -0.1) is 0 Å². The van der Waals surface area contributed by atoms with Gasteiger partial charge in [0, 0.05) is 26.7 Å². The molecule has 3 nitrogen and oxygen atoms in total. The Morgan fingerprint density at radius 1 is 1.26 bits per heavy atom. The molecular formula is C16H26N2O. The highest BCUT2D eigenvalue weighted by Gasteiger charge is 2.21. The number of hydrogen-bond acceptors (Lipinski definition) is 3. The van der Waals surface area contributed by atoms with Gasteiger partial charge in [0.15, 0.2) is 0 Å². The van der Waals surface area contributed by atoms with Gasteiger partial charge in [0.1, 0.15) is 0 Å². The van der Waals surface area contributed by atoms with E-state index >= 15 is 0 Å². The Bertz CT molecular complexity index is 364. The Kier molecular flexibility index (Phi) is 5.83. The van der Waals surface area contributed by atoms with Crippen LogP contribution in [-0.2, 0) is 17.7 Å². The summed E-state index contributed by atoms with van der Waals surface area (Å²) in [4.78, 5) is 2.47. The number of hydrogen-bond donors (Lipinski definition) is 1.